The van der Waals surface area contributed by atoms with E-state index < -0.39 is 11.9 Å². The van der Waals surface area contributed by atoms with Gasteiger partial charge in [-0.2, -0.15) is 0 Å². The van der Waals surface area contributed by atoms with Crippen LogP contribution in [0, 0.1) is 0 Å². The summed E-state index contributed by atoms with van der Waals surface area (Å²) >= 11 is 0. The van der Waals surface area contributed by atoms with Crippen molar-refractivity contribution in [2.45, 2.75) is 0 Å². The number of primary amides is 1. The molecule has 5 nitrogen and oxygen atoms in total. The SMILES string of the molecule is COC(=O)c1ccc(C=CC(N)=O)o1. The largest absolute Gasteiger partial charge is 0.463 e. The van der Waals surface area contributed by atoms with Gasteiger partial charge in [-0.25, -0.2) is 4.79 Å². The second-order valence-electron chi connectivity index (χ2n) is 2.43. The first-order valence-corrected chi connectivity index (χ1v) is 3.79. The quantitative estimate of drug-likeness (QED) is 0.564. The molecule has 0 spiro atoms. The molecule has 14 heavy (non-hydrogen) atoms. The zero-order chi connectivity index (χ0) is 10.6. The molecule has 0 aliphatic heterocycles. The van der Waals surface area contributed by atoms with Gasteiger partial charge >= 0.3 is 5.97 Å². The first-order chi connectivity index (χ1) is 6.63. The van der Waals surface area contributed by atoms with Crippen molar-refractivity contribution in [2.24, 2.45) is 5.73 Å². The van der Waals surface area contributed by atoms with E-state index >= 15 is 0 Å². The van der Waals surface area contributed by atoms with Gasteiger partial charge in [0.05, 0.1) is 7.11 Å². The van der Waals surface area contributed by atoms with Crippen molar-refractivity contribution in [3.63, 3.8) is 0 Å². The molecule has 0 aromatic carbocycles. The van der Waals surface area contributed by atoms with Crippen molar-refractivity contribution in [2.75, 3.05) is 7.11 Å². The van der Waals surface area contributed by atoms with Crippen LogP contribution in [0.2, 0.25) is 0 Å². The van der Waals surface area contributed by atoms with Gasteiger partial charge in [0, 0.05) is 6.08 Å². The third kappa shape index (κ3) is 2.48. The van der Waals surface area contributed by atoms with Crippen molar-refractivity contribution in [1.29, 1.82) is 0 Å². The van der Waals surface area contributed by atoms with Gasteiger partial charge in [-0.1, -0.05) is 0 Å². The molecular weight excluding hydrogens is 186 g/mol. The van der Waals surface area contributed by atoms with Gasteiger partial charge in [-0.3, -0.25) is 4.79 Å². The molecule has 0 bridgehead atoms. The Morgan fingerprint density at radius 3 is 2.79 bits per heavy atom. The zero-order valence-electron chi connectivity index (χ0n) is 7.52. The smallest absolute Gasteiger partial charge is 0.373 e. The summed E-state index contributed by atoms with van der Waals surface area (Å²) in [4.78, 5) is 21.3. The number of furan rings is 1. The third-order valence-corrected chi connectivity index (χ3v) is 1.43. The molecule has 1 aromatic heterocycles. The lowest BCUT2D eigenvalue weighted by Gasteiger charge is -1.91. The van der Waals surface area contributed by atoms with Crippen LogP contribution in [0.1, 0.15) is 16.3 Å². The second kappa shape index (κ2) is 4.27. The maximum atomic E-state index is 10.9. The molecule has 5 heteroatoms. The fraction of sp³-hybridized carbons (Fsp3) is 0.111. The first kappa shape index (κ1) is 10.0. The van der Waals surface area contributed by atoms with Crippen molar-refractivity contribution in [1.82, 2.24) is 0 Å². The van der Waals surface area contributed by atoms with E-state index in [4.69, 9.17) is 10.2 Å². The molecule has 0 atom stereocenters. The average molecular weight is 195 g/mol. The van der Waals surface area contributed by atoms with Crippen molar-refractivity contribution < 1.29 is 18.7 Å². The van der Waals surface area contributed by atoms with E-state index in [1.165, 1.54) is 25.3 Å². The minimum atomic E-state index is -0.582. The Balaban J connectivity index is 2.78. The number of ether oxygens (including phenoxy) is 1. The predicted molar refractivity (Wildman–Crippen MR) is 48.3 cm³/mol. The number of methoxy groups -OCH3 is 1. The summed E-state index contributed by atoms with van der Waals surface area (Å²) < 4.78 is 9.44. The Morgan fingerprint density at radius 2 is 2.21 bits per heavy atom. The van der Waals surface area contributed by atoms with Crippen LogP contribution in [0.4, 0.5) is 0 Å². The van der Waals surface area contributed by atoms with Crippen LogP contribution in [0.5, 0.6) is 0 Å². The molecular formula is C9H9NO4. The number of esters is 1. The zero-order valence-corrected chi connectivity index (χ0v) is 7.52. The van der Waals surface area contributed by atoms with Gasteiger partial charge in [-0.05, 0) is 18.2 Å². The molecule has 0 aliphatic carbocycles. The highest BCUT2D eigenvalue weighted by molar-refractivity contribution is 5.90. The number of hydrogen-bond donors (Lipinski definition) is 1. The van der Waals surface area contributed by atoms with Crippen LogP contribution in [-0.4, -0.2) is 19.0 Å². The number of amides is 1. The maximum Gasteiger partial charge on any atom is 0.373 e. The normalized spacial score (nSPS) is 10.4. The topological polar surface area (TPSA) is 82.5 Å². The van der Waals surface area contributed by atoms with Crippen molar-refractivity contribution in [3.8, 4) is 0 Å². The van der Waals surface area contributed by atoms with Gasteiger partial charge in [-0.15, -0.1) is 0 Å². The van der Waals surface area contributed by atoms with E-state index in [0.29, 0.717) is 5.76 Å². The lowest BCUT2D eigenvalue weighted by atomic mass is 10.4. The summed E-state index contributed by atoms with van der Waals surface area (Å²) in [5, 5.41) is 0. The molecule has 1 heterocycles. The van der Waals surface area contributed by atoms with Gasteiger partial charge in [0.1, 0.15) is 5.76 Å². The summed E-state index contributed by atoms with van der Waals surface area (Å²) in [6.45, 7) is 0. The Kier molecular flexibility index (Phi) is 3.06. The minimum Gasteiger partial charge on any atom is -0.463 e. The molecule has 0 unspecified atom stereocenters. The fourth-order valence-corrected chi connectivity index (χ4v) is 0.817. The Hall–Kier alpha value is -2.04. The number of carbonyl (C=O) groups excluding carboxylic acids is 2. The van der Waals surface area contributed by atoms with E-state index in [-0.39, 0.29) is 5.76 Å². The van der Waals surface area contributed by atoms with Gasteiger partial charge in [0.25, 0.3) is 0 Å². The van der Waals surface area contributed by atoms with Gasteiger partial charge < -0.3 is 14.9 Å². The Morgan fingerprint density at radius 1 is 1.50 bits per heavy atom. The summed E-state index contributed by atoms with van der Waals surface area (Å²) in [6, 6.07) is 2.98. The summed E-state index contributed by atoms with van der Waals surface area (Å²) in [5.74, 6) is -0.703. The monoisotopic (exact) mass is 195 g/mol. The lowest BCUT2D eigenvalue weighted by Crippen LogP contribution is -2.04. The summed E-state index contributed by atoms with van der Waals surface area (Å²) in [5.41, 5.74) is 4.87. The van der Waals surface area contributed by atoms with Crippen LogP contribution in [0.15, 0.2) is 22.6 Å². The highest BCUT2D eigenvalue weighted by Gasteiger charge is 2.09. The third-order valence-electron chi connectivity index (χ3n) is 1.43. The highest BCUT2D eigenvalue weighted by Crippen LogP contribution is 2.10. The van der Waals surface area contributed by atoms with Crippen LogP contribution in [-0.2, 0) is 9.53 Å². The summed E-state index contributed by atoms with van der Waals surface area (Å²) in [6.07, 6.45) is 2.51. The second-order valence-corrected chi connectivity index (χ2v) is 2.43. The van der Waals surface area contributed by atoms with Crippen LogP contribution >= 0.6 is 0 Å². The van der Waals surface area contributed by atoms with E-state index in [1.807, 2.05) is 0 Å². The average Bonchev–Trinajstić information content (AvgIpc) is 2.62. The molecule has 0 aliphatic rings. The van der Waals surface area contributed by atoms with Gasteiger partial charge in [0.2, 0.25) is 11.7 Å². The summed E-state index contributed by atoms with van der Waals surface area (Å²) in [7, 11) is 1.25. The number of nitrogens with two attached hydrogens (primary N) is 1. The number of rotatable bonds is 3. The molecule has 1 rings (SSSR count). The van der Waals surface area contributed by atoms with Crippen LogP contribution < -0.4 is 5.73 Å². The molecule has 1 amide bonds. The molecule has 0 fully saturated rings. The molecule has 0 saturated heterocycles. The van der Waals surface area contributed by atoms with E-state index in [9.17, 15) is 9.59 Å². The van der Waals surface area contributed by atoms with Crippen molar-refractivity contribution >= 4 is 18.0 Å². The first-order valence-electron chi connectivity index (χ1n) is 3.79. The Bertz CT molecular complexity index is 378. The fourth-order valence-electron chi connectivity index (χ4n) is 0.817. The minimum absolute atomic E-state index is 0.0802. The predicted octanol–water partition coefficient (Wildman–Crippen LogP) is 0.565. The van der Waals surface area contributed by atoms with E-state index in [1.54, 1.807) is 0 Å². The van der Waals surface area contributed by atoms with Gasteiger partial charge in [0.15, 0.2) is 0 Å². The number of carbonyl (C=O) groups is 2. The standard InChI is InChI=1S/C9H9NO4/c1-13-9(12)7-4-2-6(14-7)3-5-8(10)11/h2-5H,1H3,(H2,10,11). The maximum absolute atomic E-state index is 10.9. The molecule has 1 aromatic rings. The van der Waals surface area contributed by atoms with Crippen LogP contribution in [0.3, 0.4) is 0 Å². The van der Waals surface area contributed by atoms with E-state index in [0.717, 1.165) is 6.08 Å². The Labute approximate surface area is 80.1 Å². The highest BCUT2D eigenvalue weighted by atomic mass is 16.5. The lowest BCUT2D eigenvalue weighted by molar-refractivity contribution is -0.113. The molecule has 0 saturated carbocycles. The van der Waals surface area contributed by atoms with E-state index in [2.05, 4.69) is 4.74 Å². The number of hydrogen-bond acceptors (Lipinski definition) is 4. The van der Waals surface area contributed by atoms with Crippen molar-refractivity contribution in [3.05, 3.63) is 29.7 Å². The molecule has 2 N–H and O–H groups in total. The molecule has 0 radical (unpaired) electrons. The van der Waals surface area contributed by atoms with Crippen LogP contribution in [0.25, 0.3) is 6.08 Å². The molecule has 74 valence electrons.